The van der Waals surface area contributed by atoms with Crippen LogP contribution in [-0.4, -0.2) is 32.3 Å². The summed E-state index contributed by atoms with van der Waals surface area (Å²) in [5, 5.41) is 3.37. The summed E-state index contributed by atoms with van der Waals surface area (Å²) in [6, 6.07) is 8.74. The molecular weight excluding hydrogens is 405 g/mol. The fourth-order valence-corrected chi connectivity index (χ4v) is 3.95. The van der Waals surface area contributed by atoms with Crippen LogP contribution >= 0.6 is 0 Å². The molecule has 0 aliphatic heterocycles. The average Bonchev–Trinajstić information content (AvgIpc) is 3.20. The number of amidine groups is 1. The lowest BCUT2D eigenvalue weighted by molar-refractivity contribution is -0.140. The van der Waals surface area contributed by atoms with Gasteiger partial charge in [-0.05, 0) is 56.0 Å². The number of aromatic nitrogens is 3. The number of alkyl halides is 3. The van der Waals surface area contributed by atoms with Gasteiger partial charge in [-0.15, -0.1) is 0 Å². The zero-order valence-corrected chi connectivity index (χ0v) is 16.8. The van der Waals surface area contributed by atoms with Gasteiger partial charge in [0.25, 0.3) is 0 Å². The molecule has 3 heterocycles. The van der Waals surface area contributed by atoms with Crippen molar-refractivity contribution in [3.8, 4) is 0 Å². The van der Waals surface area contributed by atoms with Crippen LogP contribution in [0.1, 0.15) is 42.6 Å². The van der Waals surface area contributed by atoms with Crippen LogP contribution in [0.4, 0.5) is 19.0 Å². The van der Waals surface area contributed by atoms with Crippen molar-refractivity contribution in [1.82, 2.24) is 14.4 Å². The topological polar surface area (TPSA) is 80.6 Å². The number of imidazole rings is 1. The van der Waals surface area contributed by atoms with Crippen molar-refractivity contribution in [2.45, 2.75) is 43.9 Å². The van der Waals surface area contributed by atoms with E-state index in [-0.39, 0.29) is 17.7 Å². The number of rotatable bonds is 5. The van der Waals surface area contributed by atoms with Crippen LogP contribution in [0.25, 0.3) is 11.7 Å². The second-order valence-corrected chi connectivity index (χ2v) is 7.58. The molecule has 2 atom stereocenters. The van der Waals surface area contributed by atoms with Gasteiger partial charge in [0.05, 0.1) is 11.7 Å². The van der Waals surface area contributed by atoms with Crippen LogP contribution in [0.3, 0.4) is 0 Å². The molecule has 1 saturated carbocycles. The summed E-state index contributed by atoms with van der Waals surface area (Å²) in [6.45, 7) is 3.76. The Hall–Kier alpha value is -3.36. The van der Waals surface area contributed by atoms with Crippen molar-refractivity contribution in [3.05, 3.63) is 66.3 Å². The molecule has 3 aromatic rings. The molecule has 9 heteroatoms. The first-order valence-corrected chi connectivity index (χ1v) is 10.1. The zero-order valence-electron chi connectivity index (χ0n) is 16.8. The Bertz CT molecular complexity index is 1120. The highest BCUT2D eigenvalue weighted by molar-refractivity contribution is 6.00. The quantitative estimate of drug-likeness (QED) is 0.463. The van der Waals surface area contributed by atoms with Crippen LogP contribution in [0.15, 0.2) is 54.3 Å². The highest BCUT2D eigenvalue weighted by Gasteiger charge is 2.34. The minimum Gasteiger partial charge on any atom is -0.383 e. The number of anilines is 1. The fraction of sp³-hybridized carbons (Fsp3) is 0.318. The van der Waals surface area contributed by atoms with Gasteiger partial charge in [0.2, 0.25) is 0 Å². The number of nitrogens with two attached hydrogens (primary N) is 1. The number of aliphatic imine (C=N–C) groups is 1. The van der Waals surface area contributed by atoms with Crippen LogP contribution < -0.4 is 11.1 Å². The summed E-state index contributed by atoms with van der Waals surface area (Å²) < 4.78 is 40.6. The third kappa shape index (κ3) is 4.55. The largest absolute Gasteiger partial charge is 0.434 e. The molecule has 3 aromatic heterocycles. The molecule has 31 heavy (non-hydrogen) atoms. The van der Waals surface area contributed by atoms with Crippen LogP contribution in [0.2, 0.25) is 0 Å². The number of nitrogens with one attached hydrogen (secondary N) is 1. The molecule has 1 aliphatic carbocycles. The van der Waals surface area contributed by atoms with E-state index in [1.807, 2.05) is 6.07 Å². The summed E-state index contributed by atoms with van der Waals surface area (Å²) in [4.78, 5) is 12.6. The maximum Gasteiger partial charge on any atom is 0.434 e. The highest BCUT2D eigenvalue weighted by atomic mass is 19.4. The maximum atomic E-state index is 13.0. The van der Waals surface area contributed by atoms with E-state index >= 15 is 0 Å². The molecule has 0 unspecified atom stereocenters. The van der Waals surface area contributed by atoms with Gasteiger partial charge in [-0.3, -0.25) is 14.4 Å². The summed E-state index contributed by atoms with van der Waals surface area (Å²) >= 11 is 0. The van der Waals surface area contributed by atoms with Crippen molar-refractivity contribution < 1.29 is 13.2 Å². The van der Waals surface area contributed by atoms with Gasteiger partial charge < -0.3 is 11.1 Å². The van der Waals surface area contributed by atoms with E-state index in [1.165, 1.54) is 4.40 Å². The van der Waals surface area contributed by atoms with Gasteiger partial charge in [0.15, 0.2) is 5.69 Å². The molecule has 0 radical (unpaired) electrons. The summed E-state index contributed by atoms with van der Waals surface area (Å²) in [5.74, 6) is 0.990. The molecule has 162 valence electrons. The number of hydrogen-bond donors (Lipinski definition) is 2. The zero-order chi connectivity index (χ0) is 22.0. The van der Waals surface area contributed by atoms with Gasteiger partial charge in [0.1, 0.15) is 17.3 Å². The molecule has 0 amide bonds. The van der Waals surface area contributed by atoms with E-state index < -0.39 is 11.9 Å². The fourth-order valence-electron chi connectivity index (χ4n) is 3.95. The first kappa shape index (κ1) is 20.9. The van der Waals surface area contributed by atoms with E-state index in [0.717, 1.165) is 37.4 Å². The third-order valence-electron chi connectivity index (χ3n) is 5.41. The predicted molar refractivity (Wildman–Crippen MR) is 115 cm³/mol. The lowest BCUT2D eigenvalue weighted by Crippen LogP contribution is -2.31. The average molecular weight is 428 g/mol. The Labute approximate surface area is 177 Å². The molecular formula is C22H23F3N6. The second kappa shape index (κ2) is 8.41. The minimum absolute atomic E-state index is 0.0110. The molecule has 4 rings (SSSR count). The molecule has 0 spiro atoms. The smallest absolute Gasteiger partial charge is 0.383 e. The van der Waals surface area contributed by atoms with Crippen molar-refractivity contribution in [2.24, 2.45) is 10.7 Å². The minimum atomic E-state index is -4.48. The monoisotopic (exact) mass is 428 g/mol. The van der Waals surface area contributed by atoms with Crippen LogP contribution in [0, 0.1) is 0 Å². The standard InChI is InChI=1S/C22H23F3N6/c1-2-17-16(8-5-11-27-17)21(26)29-15-7-3-6-14(12-15)28-19-9-4-10-20-30-18(13-31(19)20)22(23,24)25/h2,4-5,8-11,13-15,28H,1,3,6-7,12H2,(H2,26,29)/t14-,15+/m0/s1. The summed E-state index contributed by atoms with van der Waals surface area (Å²) in [7, 11) is 0. The van der Waals surface area contributed by atoms with Crippen molar-refractivity contribution in [1.29, 1.82) is 0 Å². The number of nitrogens with zero attached hydrogens (tertiary/aromatic N) is 4. The highest BCUT2D eigenvalue weighted by Crippen LogP contribution is 2.30. The molecule has 1 fully saturated rings. The predicted octanol–water partition coefficient (Wildman–Crippen LogP) is 4.52. The molecule has 1 aliphatic rings. The Balaban J connectivity index is 1.52. The lowest BCUT2D eigenvalue weighted by atomic mass is 9.91. The van der Waals surface area contributed by atoms with E-state index in [0.29, 0.717) is 17.3 Å². The first-order valence-electron chi connectivity index (χ1n) is 10.1. The SMILES string of the molecule is C=Cc1ncccc1C(N)=N[C@@H]1CCC[C@H](Nc2cccc3nc(C(F)(F)F)cn23)C1. The van der Waals surface area contributed by atoms with Gasteiger partial charge in [0, 0.05) is 24.0 Å². The Morgan fingerprint density at radius 2 is 2.10 bits per heavy atom. The van der Waals surface area contributed by atoms with Crippen molar-refractivity contribution in [3.63, 3.8) is 0 Å². The van der Waals surface area contributed by atoms with Gasteiger partial charge in [-0.2, -0.15) is 13.2 Å². The number of hydrogen-bond acceptors (Lipinski definition) is 4. The van der Waals surface area contributed by atoms with Gasteiger partial charge in [-0.25, -0.2) is 4.98 Å². The Morgan fingerprint density at radius 3 is 2.87 bits per heavy atom. The number of fused-ring (bicyclic) bond motifs is 1. The summed E-state index contributed by atoms with van der Waals surface area (Å²) in [6.07, 6.45) is 3.31. The molecule has 3 N–H and O–H groups in total. The van der Waals surface area contributed by atoms with Crippen LogP contribution in [0.5, 0.6) is 0 Å². The van der Waals surface area contributed by atoms with E-state index in [4.69, 9.17) is 10.7 Å². The normalized spacial score (nSPS) is 20.0. The van der Waals surface area contributed by atoms with E-state index in [2.05, 4.69) is 21.9 Å². The molecule has 0 saturated heterocycles. The maximum absolute atomic E-state index is 13.0. The molecule has 0 aromatic carbocycles. The Morgan fingerprint density at radius 1 is 1.26 bits per heavy atom. The summed E-state index contributed by atoms with van der Waals surface area (Å²) in [5.41, 5.74) is 7.01. The number of halogens is 3. The molecule has 6 nitrogen and oxygen atoms in total. The van der Waals surface area contributed by atoms with Crippen molar-refractivity contribution in [2.75, 3.05) is 5.32 Å². The molecule has 0 bridgehead atoms. The van der Waals surface area contributed by atoms with Gasteiger partial charge in [-0.1, -0.05) is 12.6 Å². The Kier molecular flexibility index (Phi) is 5.67. The van der Waals surface area contributed by atoms with Crippen molar-refractivity contribution >= 4 is 23.4 Å². The third-order valence-corrected chi connectivity index (χ3v) is 5.41. The number of pyridine rings is 2. The van der Waals surface area contributed by atoms with E-state index in [9.17, 15) is 13.2 Å². The van der Waals surface area contributed by atoms with E-state index in [1.54, 1.807) is 36.5 Å². The first-order chi connectivity index (χ1) is 14.8. The second-order valence-electron chi connectivity index (χ2n) is 7.58. The van der Waals surface area contributed by atoms with Gasteiger partial charge >= 0.3 is 6.18 Å². The van der Waals surface area contributed by atoms with Crippen LogP contribution in [-0.2, 0) is 6.18 Å². The lowest BCUT2D eigenvalue weighted by Gasteiger charge is -2.29.